The molecule has 0 heterocycles. The predicted octanol–water partition coefficient (Wildman–Crippen LogP) is 1.34. The standard InChI is InChI=1S/C11H20F3N3O/c1-17(8-4-2-3-5-9(8)18)6-7(10(15)16)11(12,13)14/h7-9,18H,2-6H2,1H3,(H3,15,16). The van der Waals surface area contributed by atoms with Gasteiger partial charge in [0, 0.05) is 12.6 Å². The minimum atomic E-state index is -4.51. The number of nitrogens with zero attached hydrogens (tertiary/aromatic N) is 1. The van der Waals surface area contributed by atoms with Crippen molar-refractivity contribution in [3.8, 4) is 0 Å². The van der Waals surface area contributed by atoms with E-state index in [1.54, 1.807) is 7.05 Å². The summed E-state index contributed by atoms with van der Waals surface area (Å²) >= 11 is 0. The molecule has 0 bridgehead atoms. The molecule has 0 aromatic carbocycles. The molecule has 0 aromatic rings. The predicted molar refractivity (Wildman–Crippen MR) is 62.4 cm³/mol. The van der Waals surface area contributed by atoms with Crippen LogP contribution in [0.5, 0.6) is 0 Å². The quantitative estimate of drug-likeness (QED) is 0.531. The van der Waals surface area contributed by atoms with Crippen molar-refractivity contribution >= 4 is 5.84 Å². The summed E-state index contributed by atoms with van der Waals surface area (Å²) in [6, 6.07) is -0.275. The van der Waals surface area contributed by atoms with Crippen LogP contribution in [0, 0.1) is 11.3 Å². The first-order valence-corrected chi connectivity index (χ1v) is 6.02. The maximum absolute atomic E-state index is 12.7. The molecule has 7 heteroatoms. The highest BCUT2D eigenvalue weighted by atomic mass is 19.4. The van der Waals surface area contributed by atoms with Gasteiger partial charge in [-0.15, -0.1) is 0 Å². The Labute approximate surface area is 104 Å². The van der Waals surface area contributed by atoms with Gasteiger partial charge in [-0.1, -0.05) is 12.8 Å². The molecule has 0 saturated heterocycles. The molecule has 106 valence electrons. The second-order valence-electron chi connectivity index (χ2n) is 4.91. The van der Waals surface area contributed by atoms with Crippen LogP contribution in [0.1, 0.15) is 25.7 Å². The van der Waals surface area contributed by atoms with Crippen molar-refractivity contribution in [3.63, 3.8) is 0 Å². The lowest BCUT2D eigenvalue weighted by molar-refractivity contribution is -0.162. The Balaban J connectivity index is 2.66. The summed E-state index contributed by atoms with van der Waals surface area (Å²) in [5, 5.41) is 16.8. The molecule has 1 aliphatic rings. The van der Waals surface area contributed by atoms with E-state index in [4.69, 9.17) is 11.1 Å². The maximum atomic E-state index is 12.7. The summed E-state index contributed by atoms with van der Waals surface area (Å²) in [5.74, 6) is -2.84. The number of likely N-dealkylation sites (N-methyl/N-ethyl adjacent to an activating group) is 1. The lowest BCUT2D eigenvalue weighted by Gasteiger charge is -2.37. The van der Waals surface area contributed by atoms with E-state index in [0.29, 0.717) is 12.8 Å². The zero-order valence-corrected chi connectivity index (χ0v) is 10.4. The number of aliphatic hydroxyl groups is 1. The molecule has 0 aromatic heterocycles. The molecule has 4 N–H and O–H groups in total. The Bertz CT molecular complexity index is 296. The van der Waals surface area contributed by atoms with Gasteiger partial charge < -0.3 is 10.8 Å². The van der Waals surface area contributed by atoms with Crippen molar-refractivity contribution in [1.82, 2.24) is 4.90 Å². The zero-order valence-electron chi connectivity index (χ0n) is 10.4. The third-order valence-corrected chi connectivity index (χ3v) is 3.50. The minimum Gasteiger partial charge on any atom is -0.391 e. The Morgan fingerprint density at radius 3 is 2.44 bits per heavy atom. The second kappa shape index (κ2) is 5.88. The van der Waals surface area contributed by atoms with Gasteiger partial charge in [0.25, 0.3) is 0 Å². The molecule has 4 nitrogen and oxygen atoms in total. The lowest BCUT2D eigenvalue weighted by atomic mass is 9.91. The number of hydrogen-bond donors (Lipinski definition) is 3. The number of alkyl halides is 3. The SMILES string of the molecule is CN(CC(C(=N)N)C(F)(F)F)C1CCCCC1O. The molecule has 0 spiro atoms. The maximum Gasteiger partial charge on any atom is 0.399 e. The zero-order chi connectivity index (χ0) is 13.9. The van der Waals surface area contributed by atoms with E-state index >= 15 is 0 Å². The van der Waals surface area contributed by atoms with Gasteiger partial charge in [-0.25, -0.2) is 0 Å². The number of aliphatic hydroxyl groups excluding tert-OH is 1. The number of nitrogens with two attached hydrogens (primary N) is 1. The first-order valence-electron chi connectivity index (χ1n) is 6.02. The van der Waals surface area contributed by atoms with E-state index in [2.05, 4.69) is 0 Å². The molecule has 1 aliphatic carbocycles. The van der Waals surface area contributed by atoms with E-state index in [9.17, 15) is 18.3 Å². The fourth-order valence-electron chi connectivity index (χ4n) is 2.41. The minimum absolute atomic E-state index is 0.275. The van der Waals surface area contributed by atoms with Crippen molar-refractivity contribution < 1.29 is 18.3 Å². The van der Waals surface area contributed by atoms with Gasteiger partial charge in [0.05, 0.1) is 6.10 Å². The highest BCUT2D eigenvalue weighted by Crippen LogP contribution is 2.29. The Kier molecular flexibility index (Phi) is 4.98. The van der Waals surface area contributed by atoms with Gasteiger partial charge in [-0.3, -0.25) is 10.3 Å². The van der Waals surface area contributed by atoms with E-state index < -0.39 is 24.0 Å². The molecule has 18 heavy (non-hydrogen) atoms. The smallest absolute Gasteiger partial charge is 0.391 e. The van der Waals surface area contributed by atoms with Crippen LogP contribution < -0.4 is 5.73 Å². The summed E-state index contributed by atoms with van der Waals surface area (Å²) in [5.41, 5.74) is 5.01. The first kappa shape index (κ1) is 15.2. The Hall–Kier alpha value is -0.820. The average Bonchev–Trinajstić information content (AvgIpc) is 2.24. The van der Waals surface area contributed by atoms with Gasteiger partial charge in [0.15, 0.2) is 0 Å². The fraction of sp³-hybridized carbons (Fsp3) is 0.909. The van der Waals surface area contributed by atoms with Crippen LogP contribution in [0.4, 0.5) is 13.2 Å². The third-order valence-electron chi connectivity index (χ3n) is 3.50. The van der Waals surface area contributed by atoms with Crippen LogP contribution in [-0.4, -0.2) is 47.8 Å². The topological polar surface area (TPSA) is 73.3 Å². The number of nitrogens with one attached hydrogen (secondary N) is 1. The molecule has 1 saturated carbocycles. The van der Waals surface area contributed by atoms with E-state index in [1.807, 2.05) is 0 Å². The molecule has 0 radical (unpaired) electrons. The molecule has 3 atom stereocenters. The average molecular weight is 267 g/mol. The number of hydrogen-bond acceptors (Lipinski definition) is 3. The number of amidine groups is 1. The summed E-state index contributed by atoms with van der Waals surface area (Å²) in [4.78, 5) is 1.48. The molecule has 1 rings (SSSR count). The van der Waals surface area contributed by atoms with Gasteiger partial charge >= 0.3 is 6.18 Å². The Morgan fingerprint density at radius 2 is 2.00 bits per heavy atom. The molecule has 3 unspecified atom stereocenters. The third kappa shape index (κ3) is 3.84. The Morgan fingerprint density at radius 1 is 1.44 bits per heavy atom. The molecule has 0 aliphatic heterocycles. The van der Waals surface area contributed by atoms with Crippen molar-refractivity contribution in [2.75, 3.05) is 13.6 Å². The molecular weight excluding hydrogens is 247 g/mol. The van der Waals surface area contributed by atoms with Crippen LogP contribution in [0.2, 0.25) is 0 Å². The van der Waals surface area contributed by atoms with Crippen LogP contribution in [0.3, 0.4) is 0 Å². The number of halogens is 3. The molecular formula is C11H20F3N3O. The second-order valence-corrected chi connectivity index (χ2v) is 4.91. The summed E-state index contributed by atoms with van der Waals surface area (Å²) in [6.45, 7) is -0.374. The van der Waals surface area contributed by atoms with Crippen LogP contribution in [0.25, 0.3) is 0 Å². The van der Waals surface area contributed by atoms with Crippen molar-refractivity contribution in [2.24, 2.45) is 11.7 Å². The summed E-state index contributed by atoms with van der Waals surface area (Å²) in [7, 11) is 1.54. The normalized spacial score (nSPS) is 27.2. The highest BCUT2D eigenvalue weighted by Gasteiger charge is 2.43. The van der Waals surface area contributed by atoms with Gasteiger partial charge in [-0.05, 0) is 19.9 Å². The summed E-state index contributed by atoms with van der Waals surface area (Å²) in [6.07, 6.45) is -2.00. The lowest BCUT2D eigenvalue weighted by Crippen LogP contribution is -2.50. The van der Waals surface area contributed by atoms with E-state index in [0.717, 1.165) is 12.8 Å². The van der Waals surface area contributed by atoms with Crippen LogP contribution in [-0.2, 0) is 0 Å². The number of rotatable bonds is 4. The van der Waals surface area contributed by atoms with Crippen LogP contribution in [0.15, 0.2) is 0 Å². The monoisotopic (exact) mass is 267 g/mol. The first-order chi connectivity index (χ1) is 8.23. The van der Waals surface area contributed by atoms with Crippen molar-refractivity contribution in [2.45, 2.75) is 44.0 Å². The van der Waals surface area contributed by atoms with Gasteiger partial charge in [0.1, 0.15) is 11.8 Å². The molecule has 0 amide bonds. The fourth-order valence-corrected chi connectivity index (χ4v) is 2.41. The molecule has 1 fully saturated rings. The van der Waals surface area contributed by atoms with E-state index in [1.165, 1.54) is 4.90 Å². The highest BCUT2D eigenvalue weighted by molar-refractivity contribution is 5.80. The van der Waals surface area contributed by atoms with Gasteiger partial charge in [-0.2, -0.15) is 13.2 Å². The van der Waals surface area contributed by atoms with Crippen molar-refractivity contribution in [3.05, 3.63) is 0 Å². The van der Waals surface area contributed by atoms with Gasteiger partial charge in [0.2, 0.25) is 0 Å². The summed E-state index contributed by atoms with van der Waals surface area (Å²) < 4.78 is 38.1. The largest absolute Gasteiger partial charge is 0.399 e. The van der Waals surface area contributed by atoms with E-state index in [-0.39, 0.29) is 12.6 Å². The van der Waals surface area contributed by atoms with Crippen molar-refractivity contribution in [1.29, 1.82) is 5.41 Å². The van der Waals surface area contributed by atoms with Crippen LogP contribution >= 0.6 is 0 Å².